The molecule has 1 aromatic carbocycles. The average Bonchev–Trinajstić information content (AvgIpc) is 2.33. The van der Waals surface area contributed by atoms with Gasteiger partial charge in [-0.05, 0) is 43.6 Å². The highest BCUT2D eigenvalue weighted by Gasteiger charge is 2.40. The van der Waals surface area contributed by atoms with Crippen LogP contribution < -0.4 is 5.73 Å². The molecule has 0 radical (unpaired) electrons. The van der Waals surface area contributed by atoms with Gasteiger partial charge in [0.25, 0.3) is 0 Å². The molecule has 1 aromatic rings. The Morgan fingerprint density at radius 1 is 1.21 bits per heavy atom. The zero-order valence-electron chi connectivity index (χ0n) is 10.4. The second-order valence-corrected chi connectivity index (χ2v) is 4.95. The lowest BCUT2D eigenvalue weighted by Crippen LogP contribution is -2.38. The van der Waals surface area contributed by atoms with Crippen molar-refractivity contribution in [1.82, 2.24) is 4.90 Å². The van der Waals surface area contributed by atoms with Gasteiger partial charge in [0, 0.05) is 6.54 Å². The minimum absolute atomic E-state index is 0.0829. The maximum absolute atomic E-state index is 13.3. The first-order valence-corrected chi connectivity index (χ1v) is 6.19. The molecule has 1 aliphatic heterocycles. The summed E-state index contributed by atoms with van der Waals surface area (Å²) < 4.78 is 50.8. The van der Waals surface area contributed by atoms with Crippen LogP contribution >= 0.6 is 0 Å². The second-order valence-electron chi connectivity index (χ2n) is 4.95. The van der Waals surface area contributed by atoms with Gasteiger partial charge in [-0.1, -0.05) is 6.07 Å². The van der Waals surface area contributed by atoms with Crippen molar-refractivity contribution in [2.24, 2.45) is 5.92 Å². The first-order chi connectivity index (χ1) is 8.86. The van der Waals surface area contributed by atoms with Gasteiger partial charge in [0.15, 0.2) is 0 Å². The Balaban J connectivity index is 1.90. The summed E-state index contributed by atoms with van der Waals surface area (Å²) in [7, 11) is 0. The summed E-state index contributed by atoms with van der Waals surface area (Å²) in [4.78, 5) is 1.91. The molecule has 106 valence electrons. The van der Waals surface area contributed by atoms with E-state index < -0.39 is 17.9 Å². The summed E-state index contributed by atoms with van der Waals surface area (Å²) in [6.45, 7) is 1.23. The molecule has 6 heteroatoms. The average molecular weight is 276 g/mol. The van der Waals surface area contributed by atoms with Gasteiger partial charge in [-0.2, -0.15) is 13.2 Å². The highest BCUT2D eigenvalue weighted by Crippen LogP contribution is 2.34. The van der Waals surface area contributed by atoms with E-state index in [0.717, 1.165) is 5.56 Å². The highest BCUT2D eigenvalue weighted by molar-refractivity contribution is 5.41. The minimum atomic E-state index is -4.10. The maximum atomic E-state index is 13.3. The second kappa shape index (κ2) is 5.36. The summed E-state index contributed by atoms with van der Waals surface area (Å²) in [5.41, 5.74) is 6.19. The van der Waals surface area contributed by atoms with Crippen molar-refractivity contribution in [3.05, 3.63) is 29.6 Å². The lowest BCUT2D eigenvalue weighted by Gasteiger charge is -2.32. The third-order valence-electron chi connectivity index (χ3n) is 3.52. The van der Waals surface area contributed by atoms with Crippen molar-refractivity contribution in [2.45, 2.75) is 25.6 Å². The van der Waals surface area contributed by atoms with Crippen molar-refractivity contribution in [3.63, 3.8) is 0 Å². The summed E-state index contributed by atoms with van der Waals surface area (Å²) in [6, 6.07) is 4.52. The number of hydrogen-bond acceptors (Lipinski definition) is 2. The molecule has 1 heterocycles. The first-order valence-electron chi connectivity index (χ1n) is 6.19. The van der Waals surface area contributed by atoms with Crippen LogP contribution in [0.1, 0.15) is 18.4 Å². The van der Waals surface area contributed by atoms with E-state index in [2.05, 4.69) is 0 Å². The molecule has 2 rings (SSSR count). The van der Waals surface area contributed by atoms with Gasteiger partial charge >= 0.3 is 6.18 Å². The van der Waals surface area contributed by atoms with Crippen LogP contribution in [-0.4, -0.2) is 24.2 Å². The van der Waals surface area contributed by atoms with E-state index in [1.807, 2.05) is 4.90 Å². The number of alkyl halides is 3. The van der Waals surface area contributed by atoms with Gasteiger partial charge in [-0.3, -0.25) is 4.90 Å². The standard InChI is InChI=1S/C13H16F4N2/c14-11-7-9(1-2-12(11)18)8-19-5-3-10(4-6-19)13(15,16)17/h1-2,7,10H,3-6,8,18H2. The fraction of sp³-hybridized carbons (Fsp3) is 0.538. The number of likely N-dealkylation sites (tertiary alicyclic amines) is 1. The smallest absolute Gasteiger partial charge is 0.391 e. The molecule has 1 saturated heterocycles. The molecule has 0 spiro atoms. The maximum Gasteiger partial charge on any atom is 0.391 e. The predicted octanol–water partition coefficient (Wildman–Crippen LogP) is 3.18. The van der Waals surface area contributed by atoms with E-state index in [9.17, 15) is 17.6 Å². The molecular formula is C13H16F4N2. The third kappa shape index (κ3) is 3.59. The molecule has 0 unspecified atom stereocenters. The van der Waals surface area contributed by atoms with E-state index in [0.29, 0.717) is 19.6 Å². The number of nitrogen functional groups attached to an aromatic ring is 1. The van der Waals surface area contributed by atoms with Crippen molar-refractivity contribution in [2.75, 3.05) is 18.8 Å². The predicted molar refractivity (Wildman–Crippen MR) is 64.9 cm³/mol. The van der Waals surface area contributed by atoms with Crippen LogP contribution in [0.3, 0.4) is 0 Å². The Morgan fingerprint density at radius 3 is 2.37 bits per heavy atom. The molecule has 0 saturated carbocycles. The van der Waals surface area contributed by atoms with E-state index in [4.69, 9.17) is 5.73 Å². The zero-order valence-corrected chi connectivity index (χ0v) is 10.4. The van der Waals surface area contributed by atoms with Crippen molar-refractivity contribution < 1.29 is 17.6 Å². The Hall–Kier alpha value is -1.30. The number of piperidine rings is 1. The van der Waals surface area contributed by atoms with Gasteiger partial charge in [0.05, 0.1) is 11.6 Å². The Kier molecular flexibility index (Phi) is 3.99. The van der Waals surface area contributed by atoms with Crippen molar-refractivity contribution in [1.29, 1.82) is 0 Å². The van der Waals surface area contributed by atoms with Crippen LogP contribution in [0.5, 0.6) is 0 Å². The van der Waals surface area contributed by atoms with Gasteiger partial charge in [0.1, 0.15) is 5.82 Å². The number of nitrogens with zero attached hydrogens (tertiary/aromatic N) is 1. The SMILES string of the molecule is Nc1ccc(CN2CCC(C(F)(F)F)CC2)cc1F. The van der Waals surface area contributed by atoms with E-state index in [-0.39, 0.29) is 18.5 Å². The number of halogens is 4. The Morgan fingerprint density at radius 2 is 1.84 bits per heavy atom. The molecule has 1 fully saturated rings. The molecule has 1 aliphatic rings. The fourth-order valence-corrected chi connectivity index (χ4v) is 2.35. The first kappa shape index (κ1) is 14.1. The van der Waals surface area contributed by atoms with Crippen LogP contribution in [0.15, 0.2) is 18.2 Å². The normalized spacial score (nSPS) is 18.7. The molecule has 0 amide bonds. The van der Waals surface area contributed by atoms with Crippen LogP contribution in [0.2, 0.25) is 0 Å². The van der Waals surface area contributed by atoms with Gasteiger partial charge in [-0.25, -0.2) is 4.39 Å². The van der Waals surface area contributed by atoms with Gasteiger partial charge < -0.3 is 5.73 Å². The van der Waals surface area contributed by atoms with E-state index in [1.165, 1.54) is 12.1 Å². The lowest BCUT2D eigenvalue weighted by atomic mass is 9.96. The number of hydrogen-bond donors (Lipinski definition) is 1. The fourth-order valence-electron chi connectivity index (χ4n) is 2.35. The molecule has 0 bridgehead atoms. The topological polar surface area (TPSA) is 29.3 Å². The highest BCUT2D eigenvalue weighted by atomic mass is 19.4. The van der Waals surface area contributed by atoms with Crippen LogP contribution in [0, 0.1) is 11.7 Å². The van der Waals surface area contributed by atoms with E-state index >= 15 is 0 Å². The molecule has 0 atom stereocenters. The number of anilines is 1. The zero-order chi connectivity index (χ0) is 14.0. The van der Waals surface area contributed by atoms with Gasteiger partial charge in [-0.15, -0.1) is 0 Å². The summed E-state index contributed by atoms with van der Waals surface area (Å²) in [5, 5.41) is 0. The summed E-state index contributed by atoms with van der Waals surface area (Å²) in [6.07, 6.45) is -3.87. The third-order valence-corrected chi connectivity index (χ3v) is 3.52. The summed E-state index contributed by atoms with van der Waals surface area (Å²) in [5.74, 6) is -1.69. The monoisotopic (exact) mass is 276 g/mol. The quantitative estimate of drug-likeness (QED) is 0.664. The van der Waals surface area contributed by atoms with Crippen molar-refractivity contribution >= 4 is 5.69 Å². The molecule has 2 N–H and O–H groups in total. The van der Waals surface area contributed by atoms with Gasteiger partial charge in [0.2, 0.25) is 0 Å². The molecule has 19 heavy (non-hydrogen) atoms. The Bertz CT molecular complexity index is 437. The minimum Gasteiger partial charge on any atom is -0.396 e. The molecule has 0 aliphatic carbocycles. The van der Waals surface area contributed by atoms with E-state index in [1.54, 1.807) is 6.07 Å². The van der Waals surface area contributed by atoms with Crippen molar-refractivity contribution in [3.8, 4) is 0 Å². The lowest BCUT2D eigenvalue weighted by molar-refractivity contribution is -0.185. The molecule has 2 nitrogen and oxygen atoms in total. The van der Waals surface area contributed by atoms with Crippen LogP contribution in [0.25, 0.3) is 0 Å². The summed E-state index contributed by atoms with van der Waals surface area (Å²) >= 11 is 0. The molecular weight excluding hydrogens is 260 g/mol. The largest absolute Gasteiger partial charge is 0.396 e. The number of benzene rings is 1. The molecule has 0 aromatic heterocycles. The van der Waals surface area contributed by atoms with Crippen LogP contribution in [-0.2, 0) is 6.54 Å². The Labute approximate surface area is 109 Å². The number of rotatable bonds is 2. The van der Waals surface area contributed by atoms with Crippen LogP contribution in [0.4, 0.5) is 23.2 Å². The number of nitrogens with two attached hydrogens (primary N) is 1.